The van der Waals surface area contributed by atoms with E-state index in [9.17, 15) is 0 Å². The van der Waals surface area contributed by atoms with Crippen molar-refractivity contribution in [2.45, 2.75) is 13.0 Å². The lowest BCUT2D eigenvalue weighted by Crippen LogP contribution is -2.05. The third kappa shape index (κ3) is 2.55. The molecule has 1 unspecified atom stereocenters. The lowest BCUT2D eigenvalue weighted by atomic mass is 10.1. The van der Waals surface area contributed by atoms with Crippen LogP contribution in [0.2, 0.25) is 0 Å². The predicted octanol–water partition coefficient (Wildman–Crippen LogP) is 2.29. The molecule has 0 radical (unpaired) electrons. The average Bonchev–Trinajstić information content (AvgIpc) is 2.30. The number of rotatable bonds is 3. The molecule has 4 nitrogen and oxygen atoms in total. The Morgan fingerprint density at radius 1 is 1.31 bits per heavy atom. The molecule has 0 aliphatic carbocycles. The Morgan fingerprint density at radius 2 is 2.19 bits per heavy atom. The third-order valence-corrected chi connectivity index (χ3v) is 2.14. The van der Waals surface area contributed by atoms with Crippen molar-refractivity contribution < 1.29 is 4.74 Å². The number of nitrogens with zero attached hydrogens (tertiary/aromatic N) is 2. The fourth-order valence-corrected chi connectivity index (χ4v) is 1.29. The Bertz CT molecular complexity index is 457. The maximum absolute atomic E-state index is 5.78. The number of nitrogens with two attached hydrogens (primary N) is 1. The first-order chi connectivity index (χ1) is 7.75. The van der Waals surface area contributed by atoms with Crippen molar-refractivity contribution in [2.75, 3.05) is 0 Å². The summed E-state index contributed by atoms with van der Waals surface area (Å²) in [6.45, 7) is 1.92. The number of aromatic nitrogens is 2. The second-order valence-corrected chi connectivity index (χ2v) is 3.51. The van der Waals surface area contributed by atoms with Crippen molar-refractivity contribution in [3.8, 4) is 11.6 Å². The van der Waals surface area contributed by atoms with Crippen LogP contribution >= 0.6 is 0 Å². The largest absolute Gasteiger partial charge is 0.437 e. The van der Waals surface area contributed by atoms with Gasteiger partial charge < -0.3 is 10.5 Å². The van der Waals surface area contributed by atoms with Crippen LogP contribution in [-0.4, -0.2) is 9.97 Å². The molecule has 0 aliphatic rings. The Morgan fingerprint density at radius 3 is 2.88 bits per heavy atom. The zero-order valence-corrected chi connectivity index (χ0v) is 9.00. The monoisotopic (exact) mass is 215 g/mol. The smallest absolute Gasteiger partial charge is 0.219 e. The quantitative estimate of drug-likeness (QED) is 0.853. The van der Waals surface area contributed by atoms with E-state index >= 15 is 0 Å². The van der Waals surface area contributed by atoms with E-state index in [-0.39, 0.29) is 6.04 Å². The molecule has 2 aromatic heterocycles. The van der Waals surface area contributed by atoms with Crippen molar-refractivity contribution in [1.82, 2.24) is 9.97 Å². The Balaban J connectivity index is 2.19. The Labute approximate surface area is 94.1 Å². The van der Waals surface area contributed by atoms with E-state index in [0.717, 1.165) is 5.56 Å². The minimum atomic E-state index is -0.0285. The molecular weight excluding hydrogens is 202 g/mol. The number of hydrogen-bond donors (Lipinski definition) is 1. The molecule has 0 saturated carbocycles. The van der Waals surface area contributed by atoms with Crippen LogP contribution in [0.1, 0.15) is 18.5 Å². The maximum atomic E-state index is 5.78. The second-order valence-electron chi connectivity index (χ2n) is 3.51. The van der Waals surface area contributed by atoms with E-state index in [1.807, 2.05) is 31.2 Å². The van der Waals surface area contributed by atoms with Crippen molar-refractivity contribution in [2.24, 2.45) is 5.73 Å². The molecule has 82 valence electrons. The van der Waals surface area contributed by atoms with E-state index in [1.165, 1.54) is 0 Å². The van der Waals surface area contributed by atoms with E-state index < -0.39 is 0 Å². The summed E-state index contributed by atoms with van der Waals surface area (Å²) < 4.78 is 5.54. The predicted molar refractivity (Wildman–Crippen MR) is 61.2 cm³/mol. The summed E-state index contributed by atoms with van der Waals surface area (Å²) in [6.07, 6.45) is 5.02. The average molecular weight is 215 g/mol. The van der Waals surface area contributed by atoms with Crippen LogP contribution in [0, 0.1) is 0 Å². The molecule has 0 bridgehead atoms. The Hall–Kier alpha value is -1.94. The highest BCUT2D eigenvalue weighted by molar-refractivity contribution is 5.27. The molecule has 16 heavy (non-hydrogen) atoms. The first kappa shape index (κ1) is 10.6. The highest BCUT2D eigenvalue weighted by Crippen LogP contribution is 2.20. The summed E-state index contributed by atoms with van der Waals surface area (Å²) >= 11 is 0. The van der Waals surface area contributed by atoms with Gasteiger partial charge in [-0.1, -0.05) is 0 Å². The van der Waals surface area contributed by atoms with Gasteiger partial charge in [0.25, 0.3) is 0 Å². The van der Waals surface area contributed by atoms with Gasteiger partial charge in [0.15, 0.2) is 0 Å². The van der Waals surface area contributed by atoms with Crippen molar-refractivity contribution in [1.29, 1.82) is 0 Å². The summed E-state index contributed by atoms with van der Waals surface area (Å²) in [5.41, 5.74) is 6.77. The standard InChI is InChI=1S/C12H13N3O/c1-9(13)10-4-6-15-12(7-10)16-11-3-2-5-14-8-11/h2-9H,13H2,1H3. The minimum absolute atomic E-state index is 0.0285. The normalized spacial score (nSPS) is 12.1. The number of hydrogen-bond acceptors (Lipinski definition) is 4. The van der Waals surface area contributed by atoms with Crippen LogP contribution in [0.4, 0.5) is 0 Å². The Kier molecular flexibility index (Phi) is 3.12. The van der Waals surface area contributed by atoms with Gasteiger partial charge in [-0.3, -0.25) is 4.98 Å². The van der Waals surface area contributed by atoms with Gasteiger partial charge in [0.1, 0.15) is 5.75 Å². The van der Waals surface area contributed by atoms with Crippen molar-refractivity contribution >= 4 is 0 Å². The fraction of sp³-hybridized carbons (Fsp3) is 0.167. The summed E-state index contributed by atoms with van der Waals surface area (Å²) in [5, 5.41) is 0. The molecule has 0 spiro atoms. The van der Waals surface area contributed by atoms with E-state index in [4.69, 9.17) is 10.5 Å². The van der Waals surface area contributed by atoms with Gasteiger partial charge in [-0.05, 0) is 30.7 Å². The molecule has 2 heterocycles. The molecule has 0 amide bonds. The molecular formula is C12H13N3O. The fourth-order valence-electron chi connectivity index (χ4n) is 1.29. The van der Waals surface area contributed by atoms with Crippen molar-refractivity contribution in [3.63, 3.8) is 0 Å². The third-order valence-electron chi connectivity index (χ3n) is 2.14. The molecule has 0 saturated heterocycles. The first-order valence-corrected chi connectivity index (χ1v) is 5.05. The molecule has 4 heteroatoms. The van der Waals surface area contributed by atoms with Crippen LogP contribution in [0.3, 0.4) is 0 Å². The molecule has 0 aliphatic heterocycles. The summed E-state index contributed by atoms with van der Waals surface area (Å²) in [6, 6.07) is 7.32. The highest BCUT2D eigenvalue weighted by atomic mass is 16.5. The molecule has 2 aromatic rings. The zero-order chi connectivity index (χ0) is 11.4. The summed E-state index contributed by atoms with van der Waals surface area (Å²) in [5.74, 6) is 1.19. The van der Waals surface area contributed by atoms with Crippen LogP contribution in [0.15, 0.2) is 42.9 Å². The van der Waals surface area contributed by atoms with E-state index in [1.54, 1.807) is 18.6 Å². The summed E-state index contributed by atoms with van der Waals surface area (Å²) in [7, 11) is 0. The minimum Gasteiger partial charge on any atom is -0.437 e. The van der Waals surface area contributed by atoms with Gasteiger partial charge >= 0.3 is 0 Å². The van der Waals surface area contributed by atoms with E-state index in [2.05, 4.69) is 9.97 Å². The van der Waals surface area contributed by atoms with Crippen LogP contribution in [-0.2, 0) is 0 Å². The molecule has 0 aromatic carbocycles. The first-order valence-electron chi connectivity index (χ1n) is 5.05. The van der Waals surface area contributed by atoms with Gasteiger partial charge in [-0.2, -0.15) is 0 Å². The SMILES string of the molecule is CC(N)c1ccnc(Oc2cccnc2)c1. The van der Waals surface area contributed by atoms with Gasteiger partial charge in [0.05, 0.1) is 6.20 Å². The van der Waals surface area contributed by atoms with Crippen LogP contribution in [0.25, 0.3) is 0 Å². The zero-order valence-electron chi connectivity index (χ0n) is 9.00. The lowest BCUT2D eigenvalue weighted by molar-refractivity contribution is 0.459. The number of ether oxygens (including phenoxy) is 1. The second kappa shape index (κ2) is 4.72. The van der Waals surface area contributed by atoms with Gasteiger partial charge in [-0.15, -0.1) is 0 Å². The van der Waals surface area contributed by atoms with Crippen molar-refractivity contribution in [3.05, 3.63) is 48.4 Å². The topological polar surface area (TPSA) is 61.0 Å². The summed E-state index contributed by atoms with van der Waals surface area (Å²) in [4.78, 5) is 8.07. The highest BCUT2D eigenvalue weighted by Gasteiger charge is 2.03. The maximum Gasteiger partial charge on any atom is 0.219 e. The van der Waals surface area contributed by atoms with Crippen LogP contribution < -0.4 is 10.5 Å². The van der Waals surface area contributed by atoms with Gasteiger partial charge in [0, 0.05) is 24.5 Å². The molecule has 0 fully saturated rings. The van der Waals surface area contributed by atoms with Gasteiger partial charge in [-0.25, -0.2) is 4.98 Å². The molecule has 1 atom stereocenters. The number of pyridine rings is 2. The lowest BCUT2D eigenvalue weighted by Gasteiger charge is -2.08. The molecule has 2 N–H and O–H groups in total. The molecule has 2 rings (SSSR count). The van der Waals surface area contributed by atoms with Gasteiger partial charge in [0.2, 0.25) is 5.88 Å². The van der Waals surface area contributed by atoms with E-state index in [0.29, 0.717) is 11.6 Å². The van der Waals surface area contributed by atoms with Crippen LogP contribution in [0.5, 0.6) is 11.6 Å².